The molecule has 29 heavy (non-hydrogen) atoms. The number of rotatable bonds is 8. The Balaban J connectivity index is 1.74. The van der Waals surface area contributed by atoms with Crippen molar-refractivity contribution in [1.82, 2.24) is 10.3 Å². The summed E-state index contributed by atoms with van der Waals surface area (Å²) in [6.07, 6.45) is 1.69. The van der Waals surface area contributed by atoms with Crippen LogP contribution in [0.3, 0.4) is 0 Å². The molecule has 1 aromatic heterocycles. The molecule has 8 heteroatoms. The second-order valence-electron chi connectivity index (χ2n) is 6.44. The van der Waals surface area contributed by atoms with Crippen LogP contribution >= 0.6 is 11.8 Å². The topological polar surface area (TPSA) is 89.9 Å². The molecule has 154 valence electrons. The van der Waals surface area contributed by atoms with Gasteiger partial charge in [-0.25, -0.2) is 0 Å². The monoisotopic (exact) mass is 416 g/mol. The van der Waals surface area contributed by atoms with Gasteiger partial charge in [0.1, 0.15) is 24.2 Å². The minimum Gasteiger partial charge on any atom is -0.497 e. The average Bonchev–Trinajstić information content (AvgIpc) is 3.27. The van der Waals surface area contributed by atoms with Gasteiger partial charge in [0.2, 0.25) is 0 Å². The van der Waals surface area contributed by atoms with Crippen molar-refractivity contribution in [2.75, 3.05) is 20.0 Å². The van der Waals surface area contributed by atoms with Crippen LogP contribution in [-0.2, 0) is 27.5 Å². The summed E-state index contributed by atoms with van der Waals surface area (Å²) in [5.41, 5.74) is 3.22. The van der Waals surface area contributed by atoms with Gasteiger partial charge >= 0.3 is 5.97 Å². The van der Waals surface area contributed by atoms with Crippen molar-refractivity contribution in [3.05, 3.63) is 65.5 Å². The highest BCUT2D eigenvalue weighted by Gasteiger charge is 2.32. The Morgan fingerprint density at radius 2 is 2.14 bits per heavy atom. The molecule has 1 aliphatic heterocycles. The fourth-order valence-electron chi connectivity index (χ4n) is 2.91. The molecule has 1 fully saturated rings. The lowest BCUT2D eigenvalue weighted by atomic mass is 10.1. The number of esters is 1. The van der Waals surface area contributed by atoms with E-state index in [2.05, 4.69) is 16.9 Å². The average molecular weight is 416 g/mol. The molecule has 0 radical (unpaired) electrons. The van der Waals surface area contributed by atoms with Crippen molar-refractivity contribution in [3.63, 3.8) is 0 Å². The summed E-state index contributed by atoms with van der Waals surface area (Å²) < 4.78 is 15.9. The quantitative estimate of drug-likeness (QED) is 0.501. The van der Waals surface area contributed by atoms with Crippen LogP contribution in [0.1, 0.15) is 27.8 Å². The lowest BCUT2D eigenvalue weighted by molar-refractivity contribution is -0.142. The van der Waals surface area contributed by atoms with Crippen LogP contribution in [0.25, 0.3) is 5.76 Å². The second kappa shape index (κ2) is 9.78. The summed E-state index contributed by atoms with van der Waals surface area (Å²) in [6.45, 7) is 4.02. The number of aliphatic hydroxyl groups is 1. The van der Waals surface area contributed by atoms with Gasteiger partial charge in [-0.1, -0.05) is 12.6 Å². The third kappa shape index (κ3) is 5.09. The third-order valence-corrected chi connectivity index (χ3v) is 5.82. The molecule has 0 aliphatic carbocycles. The van der Waals surface area contributed by atoms with E-state index in [9.17, 15) is 9.90 Å². The predicted octanol–water partition coefficient (Wildman–Crippen LogP) is 2.65. The number of thioether (sulfide) groups is 1. The molecule has 3 rings (SSSR count). The van der Waals surface area contributed by atoms with Crippen LogP contribution in [-0.4, -0.2) is 42.1 Å². The Morgan fingerprint density at radius 3 is 2.79 bits per heavy atom. The molecular weight excluding hydrogens is 392 g/mol. The largest absolute Gasteiger partial charge is 0.497 e. The summed E-state index contributed by atoms with van der Waals surface area (Å²) in [6, 6.07) is 8.90. The van der Waals surface area contributed by atoms with E-state index in [1.165, 1.54) is 7.11 Å². The Morgan fingerprint density at radius 1 is 1.31 bits per heavy atom. The van der Waals surface area contributed by atoms with Gasteiger partial charge in [-0.2, -0.15) is 0 Å². The van der Waals surface area contributed by atoms with E-state index in [-0.39, 0.29) is 30.6 Å². The SMILES string of the molecule is C=C(OC)c1ccc(COc2ccc(CO)cc2C2NC(C(=O)OC)CS2)nc1. The van der Waals surface area contributed by atoms with E-state index in [1.807, 2.05) is 30.3 Å². The smallest absolute Gasteiger partial charge is 0.323 e. The number of ether oxygens (including phenoxy) is 3. The first-order valence-corrected chi connectivity index (χ1v) is 10.1. The summed E-state index contributed by atoms with van der Waals surface area (Å²) in [7, 11) is 2.94. The van der Waals surface area contributed by atoms with Gasteiger partial charge in [-0.15, -0.1) is 11.8 Å². The first-order valence-electron chi connectivity index (χ1n) is 9.06. The number of aliphatic hydroxyl groups excluding tert-OH is 1. The molecule has 1 aromatic carbocycles. The second-order valence-corrected chi connectivity index (χ2v) is 7.58. The van der Waals surface area contributed by atoms with Crippen LogP contribution in [0, 0.1) is 0 Å². The lowest BCUT2D eigenvalue weighted by Gasteiger charge is -2.18. The number of nitrogens with one attached hydrogen (secondary N) is 1. The van der Waals surface area contributed by atoms with Gasteiger partial charge in [0.25, 0.3) is 0 Å². The first-order chi connectivity index (χ1) is 14.0. The Kier molecular flexibility index (Phi) is 7.13. The summed E-state index contributed by atoms with van der Waals surface area (Å²) in [5, 5.41) is 12.6. The number of methoxy groups -OCH3 is 2. The number of hydrogen-bond acceptors (Lipinski definition) is 8. The Hall–Kier alpha value is -2.55. The van der Waals surface area contributed by atoms with Crippen LogP contribution in [0.5, 0.6) is 5.75 Å². The molecule has 0 saturated carbocycles. The van der Waals surface area contributed by atoms with Crippen LogP contribution < -0.4 is 10.1 Å². The maximum Gasteiger partial charge on any atom is 0.323 e. The van der Waals surface area contributed by atoms with Gasteiger partial charge < -0.3 is 19.3 Å². The molecular formula is C21H24N2O5S. The Bertz CT molecular complexity index is 872. The van der Waals surface area contributed by atoms with Gasteiger partial charge in [-0.05, 0) is 29.8 Å². The highest BCUT2D eigenvalue weighted by atomic mass is 32.2. The number of benzene rings is 1. The summed E-state index contributed by atoms with van der Waals surface area (Å²) in [5.74, 6) is 1.54. The van der Waals surface area contributed by atoms with Crippen molar-refractivity contribution in [3.8, 4) is 5.75 Å². The van der Waals surface area contributed by atoms with Gasteiger partial charge in [0.05, 0.1) is 31.9 Å². The molecule has 0 spiro atoms. The lowest BCUT2D eigenvalue weighted by Crippen LogP contribution is -2.35. The maximum absolute atomic E-state index is 11.8. The van der Waals surface area contributed by atoms with E-state index < -0.39 is 0 Å². The van der Waals surface area contributed by atoms with E-state index in [0.29, 0.717) is 17.3 Å². The van der Waals surface area contributed by atoms with E-state index >= 15 is 0 Å². The van der Waals surface area contributed by atoms with Crippen molar-refractivity contribution < 1.29 is 24.1 Å². The number of nitrogens with zero attached hydrogens (tertiary/aromatic N) is 1. The third-order valence-electron chi connectivity index (χ3n) is 4.58. The zero-order chi connectivity index (χ0) is 20.8. The fraction of sp³-hybridized carbons (Fsp3) is 0.333. The standard InChI is InChI=1S/C21H24N2O5S/c1-13(26-2)15-5-6-16(22-9-15)11-28-19-7-4-14(10-24)8-17(19)20-23-18(12-29-20)21(25)27-3/h4-9,18,20,23-24H,1,10-12H2,2-3H3. The highest BCUT2D eigenvalue weighted by molar-refractivity contribution is 7.99. The fourth-order valence-corrected chi connectivity index (χ4v) is 4.15. The zero-order valence-corrected chi connectivity index (χ0v) is 17.2. The molecule has 2 unspecified atom stereocenters. The minimum atomic E-state index is -0.372. The molecule has 2 atom stereocenters. The molecule has 2 aromatic rings. The number of carbonyl (C=O) groups excluding carboxylic acids is 1. The minimum absolute atomic E-state index is 0.0719. The van der Waals surface area contributed by atoms with E-state index in [1.54, 1.807) is 25.1 Å². The van der Waals surface area contributed by atoms with Crippen LogP contribution in [0.4, 0.5) is 0 Å². The molecule has 1 saturated heterocycles. The highest BCUT2D eigenvalue weighted by Crippen LogP contribution is 2.38. The predicted molar refractivity (Wildman–Crippen MR) is 111 cm³/mol. The molecule has 1 aliphatic rings. The maximum atomic E-state index is 11.8. The molecule has 2 N–H and O–H groups in total. The molecule has 0 bridgehead atoms. The van der Waals surface area contributed by atoms with E-state index in [4.69, 9.17) is 14.2 Å². The zero-order valence-electron chi connectivity index (χ0n) is 16.4. The molecule has 7 nitrogen and oxygen atoms in total. The van der Waals surface area contributed by atoms with Gasteiger partial charge in [0.15, 0.2) is 0 Å². The first kappa shape index (κ1) is 21.2. The van der Waals surface area contributed by atoms with Crippen molar-refractivity contribution in [2.45, 2.75) is 24.6 Å². The van der Waals surface area contributed by atoms with E-state index in [0.717, 1.165) is 22.4 Å². The summed E-state index contributed by atoms with van der Waals surface area (Å²) in [4.78, 5) is 16.2. The molecule has 2 heterocycles. The van der Waals surface area contributed by atoms with Crippen LogP contribution in [0.2, 0.25) is 0 Å². The molecule has 0 amide bonds. The Labute approximate surface area is 174 Å². The van der Waals surface area contributed by atoms with Crippen molar-refractivity contribution in [2.24, 2.45) is 0 Å². The number of aromatic nitrogens is 1. The van der Waals surface area contributed by atoms with Crippen LogP contribution in [0.15, 0.2) is 43.1 Å². The number of hydrogen-bond donors (Lipinski definition) is 2. The summed E-state index contributed by atoms with van der Waals surface area (Å²) >= 11 is 1.60. The van der Waals surface area contributed by atoms with Crippen molar-refractivity contribution in [1.29, 1.82) is 0 Å². The number of carbonyl (C=O) groups is 1. The normalized spacial score (nSPS) is 18.3. The van der Waals surface area contributed by atoms with Gasteiger partial charge in [0, 0.05) is 23.1 Å². The van der Waals surface area contributed by atoms with Crippen molar-refractivity contribution >= 4 is 23.5 Å². The van der Waals surface area contributed by atoms with Gasteiger partial charge in [-0.3, -0.25) is 15.1 Å². The number of pyridine rings is 1.